The second kappa shape index (κ2) is 8.32. The van der Waals surface area contributed by atoms with E-state index in [0.29, 0.717) is 18.2 Å². The van der Waals surface area contributed by atoms with Crippen molar-refractivity contribution >= 4 is 0 Å². The first-order valence-electron chi connectivity index (χ1n) is 8.14. The molecule has 0 aromatic rings. The summed E-state index contributed by atoms with van der Waals surface area (Å²) in [6, 6.07) is 0.962. The molecule has 0 saturated carbocycles. The number of hydrogen-bond donors (Lipinski definition) is 2. The van der Waals surface area contributed by atoms with Crippen molar-refractivity contribution in [3.8, 4) is 0 Å². The predicted molar refractivity (Wildman–Crippen MR) is 84.1 cm³/mol. The maximum atomic E-state index is 9.62. The van der Waals surface area contributed by atoms with Crippen LogP contribution in [-0.2, 0) is 4.74 Å². The molecule has 0 spiro atoms. The zero-order valence-electron chi connectivity index (χ0n) is 14.0. The van der Waals surface area contributed by atoms with Gasteiger partial charge in [0.1, 0.15) is 0 Å². The van der Waals surface area contributed by atoms with Gasteiger partial charge in [0.15, 0.2) is 0 Å². The van der Waals surface area contributed by atoms with Crippen LogP contribution in [0.25, 0.3) is 0 Å². The normalized spacial score (nSPS) is 27.8. The summed E-state index contributed by atoms with van der Waals surface area (Å²) >= 11 is 0. The number of aliphatic hydroxyl groups is 1. The van der Waals surface area contributed by atoms with Gasteiger partial charge in [0.25, 0.3) is 0 Å². The van der Waals surface area contributed by atoms with E-state index in [0.717, 1.165) is 39.0 Å². The monoisotopic (exact) mass is 286 g/mol. The predicted octanol–water partition coefficient (Wildman–Crippen LogP) is 2.01. The quantitative estimate of drug-likeness (QED) is 0.716. The highest BCUT2D eigenvalue weighted by Gasteiger charge is 2.27. The van der Waals surface area contributed by atoms with Crippen molar-refractivity contribution in [2.75, 3.05) is 26.3 Å². The Bertz CT molecular complexity index is 273. The van der Waals surface area contributed by atoms with Crippen LogP contribution in [-0.4, -0.2) is 60.0 Å². The lowest BCUT2D eigenvalue weighted by Gasteiger charge is -2.39. The molecule has 1 aliphatic rings. The van der Waals surface area contributed by atoms with Gasteiger partial charge in [-0.05, 0) is 39.7 Å². The Labute approximate surface area is 124 Å². The molecule has 0 aromatic heterocycles. The van der Waals surface area contributed by atoms with Crippen LogP contribution in [0, 0.1) is 0 Å². The van der Waals surface area contributed by atoms with Crippen molar-refractivity contribution in [3.05, 3.63) is 0 Å². The lowest BCUT2D eigenvalue weighted by atomic mass is 9.95. The van der Waals surface area contributed by atoms with Gasteiger partial charge in [0.05, 0.1) is 19.3 Å². The highest BCUT2D eigenvalue weighted by molar-refractivity contribution is 4.85. The van der Waals surface area contributed by atoms with Crippen molar-refractivity contribution in [1.29, 1.82) is 0 Å². The standard InChI is InChI=1S/C16H34N2O2/c1-6-15-11-20-14(4)10-18(15)9-7-8-16(5,12-19)17-13(2)3/h13-15,17,19H,6-12H2,1-5H3. The van der Waals surface area contributed by atoms with E-state index in [9.17, 15) is 5.11 Å². The Hall–Kier alpha value is -0.160. The van der Waals surface area contributed by atoms with E-state index >= 15 is 0 Å². The molecule has 4 nitrogen and oxygen atoms in total. The molecule has 0 aromatic carbocycles. The van der Waals surface area contributed by atoms with E-state index in [1.165, 1.54) is 0 Å². The van der Waals surface area contributed by atoms with E-state index in [1.807, 2.05) is 0 Å². The SMILES string of the molecule is CCC1COC(C)CN1CCCC(C)(CO)NC(C)C. The minimum absolute atomic E-state index is 0.159. The molecule has 1 aliphatic heterocycles. The van der Waals surface area contributed by atoms with Crippen LogP contribution in [0.2, 0.25) is 0 Å². The fourth-order valence-electron chi connectivity index (χ4n) is 3.13. The molecule has 120 valence electrons. The van der Waals surface area contributed by atoms with Gasteiger partial charge in [-0.1, -0.05) is 20.8 Å². The van der Waals surface area contributed by atoms with Gasteiger partial charge in [-0.3, -0.25) is 4.90 Å². The maximum absolute atomic E-state index is 9.62. The molecule has 20 heavy (non-hydrogen) atoms. The summed E-state index contributed by atoms with van der Waals surface area (Å²) in [5.74, 6) is 0. The van der Waals surface area contributed by atoms with E-state index in [4.69, 9.17) is 4.74 Å². The van der Waals surface area contributed by atoms with Crippen molar-refractivity contribution < 1.29 is 9.84 Å². The first-order valence-corrected chi connectivity index (χ1v) is 8.14. The molecule has 1 heterocycles. The zero-order valence-corrected chi connectivity index (χ0v) is 14.0. The first kappa shape index (κ1) is 17.9. The average molecular weight is 286 g/mol. The summed E-state index contributed by atoms with van der Waals surface area (Å²) in [5.41, 5.74) is -0.159. The lowest BCUT2D eigenvalue weighted by molar-refractivity contribution is -0.0567. The summed E-state index contributed by atoms with van der Waals surface area (Å²) in [7, 11) is 0. The summed E-state index contributed by atoms with van der Waals surface area (Å²) in [6.45, 7) is 13.9. The Balaban J connectivity index is 2.40. The Kier molecular flexibility index (Phi) is 7.45. The third-order valence-corrected chi connectivity index (χ3v) is 4.21. The molecule has 4 heteroatoms. The van der Waals surface area contributed by atoms with E-state index in [1.54, 1.807) is 0 Å². The summed E-state index contributed by atoms with van der Waals surface area (Å²) in [5, 5.41) is 13.1. The first-order chi connectivity index (χ1) is 9.40. The van der Waals surface area contributed by atoms with Crippen LogP contribution < -0.4 is 5.32 Å². The Morgan fingerprint density at radius 2 is 2.15 bits per heavy atom. The molecule has 3 atom stereocenters. The van der Waals surface area contributed by atoms with Gasteiger partial charge in [0, 0.05) is 24.2 Å². The molecule has 2 N–H and O–H groups in total. The number of nitrogens with one attached hydrogen (secondary N) is 1. The minimum Gasteiger partial charge on any atom is -0.394 e. The summed E-state index contributed by atoms with van der Waals surface area (Å²) in [4.78, 5) is 2.56. The van der Waals surface area contributed by atoms with Crippen LogP contribution in [0.5, 0.6) is 0 Å². The van der Waals surface area contributed by atoms with E-state index in [-0.39, 0.29) is 12.1 Å². The average Bonchev–Trinajstić information content (AvgIpc) is 2.38. The van der Waals surface area contributed by atoms with Gasteiger partial charge in [-0.2, -0.15) is 0 Å². The number of rotatable bonds is 8. The zero-order chi connectivity index (χ0) is 15.2. The van der Waals surface area contributed by atoms with Gasteiger partial charge in [-0.25, -0.2) is 0 Å². The third kappa shape index (κ3) is 5.68. The smallest absolute Gasteiger partial charge is 0.0674 e. The summed E-state index contributed by atoms with van der Waals surface area (Å²) < 4.78 is 5.74. The molecule has 1 fully saturated rings. The van der Waals surface area contributed by atoms with Crippen molar-refractivity contribution in [1.82, 2.24) is 10.2 Å². The second-order valence-corrected chi connectivity index (χ2v) is 6.82. The van der Waals surface area contributed by atoms with Crippen LogP contribution in [0.3, 0.4) is 0 Å². The molecule has 1 saturated heterocycles. The molecule has 1 rings (SSSR count). The van der Waals surface area contributed by atoms with Gasteiger partial charge >= 0.3 is 0 Å². The third-order valence-electron chi connectivity index (χ3n) is 4.21. The molecule has 0 aliphatic carbocycles. The molecule has 3 unspecified atom stereocenters. The fourth-order valence-corrected chi connectivity index (χ4v) is 3.13. The van der Waals surface area contributed by atoms with Gasteiger partial charge < -0.3 is 15.2 Å². The van der Waals surface area contributed by atoms with Crippen molar-refractivity contribution in [2.45, 2.75) is 77.6 Å². The second-order valence-electron chi connectivity index (χ2n) is 6.82. The molecular formula is C16H34N2O2. The molecule has 0 amide bonds. The fraction of sp³-hybridized carbons (Fsp3) is 1.00. The molecular weight excluding hydrogens is 252 g/mol. The Morgan fingerprint density at radius 1 is 1.45 bits per heavy atom. The van der Waals surface area contributed by atoms with Crippen LogP contribution in [0.15, 0.2) is 0 Å². The van der Waals surface area contributed by atoms with E-state index in [2.05, 4.69) is 44.8 Å². The largest absolute Gasteiger partial charge is 0.394 e. The van der Waals surface area contributed by atoms with E-state index < -0.39 is 0 Å². The number of hydrogen-bond acceptors (Lipinski definition) is 4. The van der Waals surface area contributed by atoms with Crippen LogP contribution in [0.1, 0.15) is 53.9 Å². The molecule has 0 radical (unpaired) electrons. The van der Waals surface area contributed by atoms with Crippen LogP contribution >= 0.6 is 0 Å². The summed E-state index contributed by atoms with van der Waals surface area (Å²) in [6.07, 6.45) is 3.61. The highest BCUT2D eigenvalue weighted by Crippen LogP contribution is 2.18. The number of morpholine rings is 1. The molecule has 0 bridgehead atoms. The topological polar surface area (TPSA) is 44.7 Å². The number of nitrogens with zero attached hydrogens (tertiary/aromatic N) is 1. The van der Waals surface area contributed by atoms with Gasteiger partial charge in [-0.15, -0.1) is 0 Å². The van der Waals surface area contributed by atoms with Crippen molar-refractivity contribution in [3.63, 3.8) is 0 Å². The lowest BCUT2D eigenvalue weighted by Crippen LogP contribution is -2.51. The van der Waals surface area contributed by atoms with Crippen molar-refractivity contribution in [2.24, 2.45) is 0 Å². The van der Waals surface area contributed by atoms with Gasteiger partial charge in [0.2, 0.25) is 0 Å². The maximum Gasteiger partial charge on any atom is 0.0674 e. The number of aliphatic hydroxyl groups excluding tert-OH is 1. The number of ether oxygens (including phenoxy) is 1. The van der Waals surface area contributed by atoms with Crippen LogP contribution in [0.4, 0.5) is 0 Å². The Morgan fingerprint density at radius 3 is 2.70 bits per heavy atom. The highest BCUT2D eigenvalue weighted by atomic mass is 16.5. The minimum atomic E-state index is -0.159.